The number of thioether (sulfide) groups is 1. The highest BCUT2D eigenvalue weighted by Crippen LogP contribution is 2.31. The maximum absolute atomic E-state index is 13.0. The molecule has 0 unspecified atom stereocenters. The summed E-state index contributed by atoms with van der Waals surface area (Å²) < 4.78 is 1.89. The van der Waals surface area contributed by atoms with Gasteiger partial charge in [-0.05, 0) is 23.3 Å². The van der Waals surface area contributed by atoms with Gasteiger partial charge in [0.1, 0.15) is 0 Å². The fourth-order valence-corrected chi connectivity index (χ4v) is 4.04. The van der Waals surface area contributed by atoms with Crippen molar-refractivity contribution in [3.05, 3.63) is 66.0 Å². The standard InChI is InChI=1S/C20H18N4O2S/c1-3-11-23-16(21-22-20(23)27-4-2)12-24-18(25)14-9-5-7-13-8-6-10-15(17(13)14)19(24)26/h3,5-10H,1,4,11-12H2,2H3. The molecule has 6 nitrogen and oxygen atoms in total. The van der Waals surface area contributed by atoms with E-state index in [9.17, 15) is 9.59 Å². The van der Waals surface area contributed by atoms with Crippen LogP contribution < -0.4 is 0 Å². The lowest BCUT2D eigenvalue weighted by Gasteiger charge is -2.26. The van der Waals surface area contributed by atoms with Crippen molar-refractivity contribution in [3.8, 4) is 0 Å². The lowest BCUT2D eigenvalue weighted by atomic mass is 9.94. The molecule has 0 spiro atoms. The van der Waals surface area contributed by atoms with E-state index in [1.54, 1.807) is 30.0 Å². The second kappa shape index (κ2) is 7.00. The van der Waals surface area contributed by atoms with Gasteiger partial charge in [0, 0.05) is 23.1 Å². The number of nitrogens with zero attached hydrogens (tertiary/aromatic N) is 4. The first kappa shape index (κ1) is 17.5. The largest absolute Gasteiger partial charge is 0.301 e. The van der Waals surface area contributed by atoms with Crippen molar-refractivity contribution >= 4 is 34.3 Å². The lowest BCUT2D eigenvalue weighted by Crippen LogP contribution is -2.40. The van der Waals surface area contributed by atoms with Crippen molar-refractivity contribution in [1.29, 1.82) is 0 Å². The van der Waals surface area contributed by atoms with Crippen LogP contribution >= 0.6 is 11.8 Å². The molecular weight excluding hydrogens is 360 g/mol. The lowest BCUT2D eigenvalue weighted by molar-refractivity contribution is 0.0592. The van der Waals surface area contributed by atoms with E-state index < -0.39 is 0 Å². The highest BCUT2D eigenvalue weighted by molar-refractivity contribution is 7.99. The van der Waals surface area contributed by atoms with Gasteiger partial charge >= 0.3 is 0 Å². The van der Waals surface area contributed by atoms with Gasteiger partial charge in [0.2, 0.25) is 0 Å². The summed E-state index contributed by atoms with van der Waals surface area (Å²) in [5.74, 6) is 0.815. The maximum atomic E-state index is 13.0. The molecule has 2 amide bonds. The Hall–Kier alpha value is -2.93. The molecule has 136 valence electrons. The van der Waals surface area contributed by atoms with Crippen molar-refractivity contribution in [2.45, 2.75) is 25.2 Å². The Labute approximate surface area is 160 Å². The number of amides is 2. The average Bonchev–Trinajstić information content (AvgIpc) is 3.05. The number of aromatic nitrogens is 3. The first-order valence-electron chi connectivity index (χ1n) is 8.69. The molecule has 0 bridgehead atoms. The van der Waals surface area contributed by atoms with E-state index in [0.717, 1.165) is 21.7 Å². The van der Waals surface area contributed by atoms with Crippen LogP contribution in [-0.2, 0) is 13.1 Å². The van der Waals surface area contributed by atoms with E-state index in [-0.39, 0.29) is 18.4 Å². The molecule has 7 heteroatoms. The first-order chi connectivity index (χ1) is 13.2. The summed E-state index contributed by atoms with van der Waals surface area (Å²) in [6, 6.07) is 11.0. The van der Waals surface area contributed by atoms with Crippen LogP contribution in [0.15, 0.2) is 54.2 Å². The van der Waals surface area contributed by atoms with E-state index in [2.05, 4.69) is 16.8 Å². The van der Waals surface area contributed by atoms with Crippen molar-refractivity contribution in [2.24, 2.45) is 0 Å². The van der Waals surface area contributed by atoms with Gasteiger partial charge in [-0.3, -0.25) is 14.5 Å². The number of allylic oxidation sites excluding steroid dienone is 1. The van der Waals surface area contributed by atoms with Gasteiger partial charge in [0.05, 0.1) is 6.54 Å². The molecule has 0 atom stereocenters. The average molecular weight is 378 g/mol. The van der Waals surface area contributed by atoms with Crippen LogP contribution in [0.5, 0.6) is 0 Å². The van der Waals surface area contributed by atoms with Gasteiger partial charge in [-0.2, -0.15) is 0 Å². The zero-order chi connectivity index (χ0) is 19.0. The predicted molar refractivity (Wildman–Crippen MR) is 105 cm³/mol. The summed E-state index contributed by atoms with van der Waals surface area (Å²) >= 11 is 1.56. The molecule has 0 saturated heterocycles. The molecule has 1 aromatic heterocycles. The molecule has 1 aliphatic heterocycles. The monoisotopic (exact) mass is 378 g/mol. The molecular formula is C20H18N4O2S. The van der Waals surface area contributed by atoms with E-state index in [1.807, 2.05) is 35.8 Å². The molecule has 0 radical (unpaired) electrons. The third kappa shape index (κ3) is 2.84. The Kier molecular flexibility index (Phi) is 4.53. The summed E-state index contributed by atoms with van der Waals surface area (Å²) in [6.45, 7) is 6.41. The van der Waals surface area contributed by atoms with Crippen molar-refractivity contribution in [2.75, 3.05) is 5.75 Å². The van der Waals surface area contributed by atoms with Crippen molar-refractivity contribution in [1.82, 2.24) is 19.7 Å². The van der Waals surface area contributed by atoms with Gasteiger partial charge in [-0.1, -0.05) is 49.0 Å². The molecule has 1 aliphatic rings. The summed E-state index contributed by atoms with van der Waals surface area (Å²) in [7, 11) is 0. The number of carbonyl (C=O) groups is 2. The smallest absolute Gasteiger partial charge is 0.261 e. The van der Waals surface area contributed by atoms with Crippen LogP contribution in [0.2, 0.25) is 0 Å². The van der Waals surface area contributed by atoms with E-state index in [0.29, 0.717) is 23.5 Å². The van der Waals surface area contributed by atoms with Crippen molar-refractivity contribution in [3.63, 3.8) is 0 Å². The topological polar surface area (TPSA) is 68.1 Å². The SMILES string of the molecule is C=CCn1c(CN2C(=O)c3cccc4cccc(c34)C2=O)nnc1SCC. The minimum Gasteiger partial charge on any atom is -0.301 e. The first-order valence-corrected chi connectivity index (χ1v) is 9.68. The Morgan fingerprint density at radius 3 is 2.33 bits per heavy atom. The minimum atomic E-state index is -0.304. The van der Waals surface area contributed by atoms with Gasteiger partial charge in [-0.15, -0.1) is 16.8 Å². The number of benzene rings is 2. The normalized spacial score (nSPS) is 13.4. The molecule has 2 heterocycles. The highest BCUT2D eigenvalue weighted by atomic mass is 32.2. The van der Waals surface area contributed by atoms with Crippen LogP contribution in [0, 0.1) is 0 Å². The summed E-state index contributed by atoms with van der Waals surface area (Å²) in [5, 5.41) is 10.8. The Bertz CT molecular complexity index is 1020. The maximum Gasteiger partial charge on any atom is 0.261 e. The quantitative estimate of drug-likeness (QED) is 0.373. The zero-order valence-corrected chi connectivity index (χ0v) is 15.7. The summed E-state index contributed by atoms with van der Waals surface area (Å²) in [5.41, 5.74) is 1.08. The molecule has 0 aliphatic carbocycles. The number of rotatable bonds is 6. The molecule has 0 N–H and O–H groups in total. The number of hydrogen-bond donors (Lipinski definition) is 0. The number of carbonyl (C=O) groups excluding carboxylic acids is 2. The third-order valence-corrected chi connectivity index (χ3v) is 5.38. The molecule has 27 heavy (non-hydrogen) atoms. The van der Waals surface area contributed by atoms with E-state index in [1.165, 1.54) is 4.90 Å². The van der Waals surface area contributed by atoms with Crippen LogP contribution in [0.3, 0.4) is 0 Å². The van der Waals surface area contributed by atoms with Gasteiger partial charge in [0.15, 0.2) is 11.0 Å². The molecule has 4 rings (SSSR count). The Balaban J connectivity index is 1.75. The fraction of sp³-hybridized carbons (Fsp3) is 0.200. The molecule has 0 fully saturated rings. The van der Waals surface area contributed by atoms with Crippen LogP contribution in [0.1, 0.15) is 33.5 Å². The minimum absolute atomic E-state index is 0.0769. The number of imide groups is 1. The second-order valence-corrected chi connectivity index (χ2v) is 7.37. The van der Waals surface area contributed by atoms with Gasteiger partial charge in [0.25, 0.3) is 11.8 Å². The Morgan fingerprint density at radius 1 is 1.07 bits per heavy atom. The Morgan fingerprint density at radius 2 is 1.74 bits per heavy atom. The summed E-state index contributed by atoms with van der Waals surface area (Å²) in [4.78, 5) is 27.3. The van der Waals surface area contributed by atoms with Gasteiger partial charge < -0.3 is 4.57 Å². The van der Waals surface area contributed by atoms with Crippen molar-refractivity contribution < 1.29 is 9.59 Å². The fourth-order valence-electron chi connectivity index (χ4n) is 3.35. The molecule has 3 aromatic rings. The third-order valence-electron chi connectivity index (χ3n) is 4.53. The summed E-state index contributed by atoms with van der Waals surface area (Å²) in [6.07, 6.45) is 1.75. The van der Waals surface area contributed by atoms with Crippen LogP contribution in [0.25, 0.3) is 10.8 Å². The predicted octanol–water partition coefficient (Wildman–Crippen LogP) is 3.53. The zero-order valence-electron chi connectivity index (χ0n) is 14.9. The van der Waals surface area contributed by atoms with E-state index in [4.69, 9.17) is 0 Å². The highest BCUT2D eigenvalue weighted by Gasteiger charge is 2.33. The number of hydrogen-bond acceptors (Lipinski definition) is 5. The molecule has 2 aromatic carbocycles. The van der Waals surface area contributed by atoms with Crippen LogP contribution in [0.4, 0.5) is 0 Å². The molecule has 0 saturated carbocycles. The second-order valence-electron chi connectivity index (χ2n) is 6.14. The van der Waals surface area contributed by atoms with Gasteiger partial charge in [-0.25, -0.2) is 0 Å². The van der Waals surface area contributed by atoms with E-state index >= 15 is 0 Å². The van der Waals surface area contributed by atoms with Crippen LogP contribution in [-0.4, -0.2) is 37.2 Å².